The predicted octanol–water partition coefficient (Wildman–Crippen LogP) is 0.766. The van der Waals surface area contributed by atoms with Crippen molar-refractivity contribution in [1.29, 1.82) is 0 Å². The zero-order valence-electron chi connectivity index (χ0n) is 9.77. The highest BCUT2D eigenvalue weighted by Gasteiger charge is 2.08. The van der Waals surface area contributed by atoms with E-state index < -0.39 is 0 Å². The standard InChI is InChI=1S/C9H17N5O/c1-6(2)15-9-12-7(10-3)11-8(13-9)14(4)5/h6H,1-5H3,(H,10,11,12,13). The number of nitrogens with zero attached hydrogens (tertiary/aromatic N) is 4. The molecular formula is C9H17N5O. The molecule has 0 radical (unpaired) electrons. The Balaban J connectivity index is 3.00. The van der Waals surface area contributed by atoms with Crippen molar-refractivity contribution in [3.63, 3.8) is 0 Å². The third kappa shape index (κ3) is 3.23. The largest absolute Gasteiger partial charge is 0.461 e. The van der Waals surface area contributed by atoms with Gasteiger partial charge in [-0.15, -0.1) is 0 Å². The van der Waals surface area contributed by atoms with Crippen molar-refractivity contribution < 1.29 is 4.74 Å². The van der Waals surface area contributed by atoms with Crippen molar-refractivity contribution in [2.75, 3.05) is 31.4 Å². The van der Waals surface area contributed by atoms with Gasteiger partial charge in [-0.25, -0.2) is 0 Å². The van der Waals surface area contributed by atoms with Gasteiger partial charge in [0.25, 0.3) is 0 Å². The van der Waals surface area contributed by atoms with Gasteiger partial charge in [-0.1, -0.05) is 0 Å². The minimum atomic E-state index is 0.0483. The molecule has 0 aliphatic rings. The van der Waals surface area contributed by atoms with Crippen LogP contribution >= 0.6 is 0 Å². The predicted molar refractivity (Wildman–Crippen MR) is 59.5 cm³/mol. The van der Waals surface area contributed by atoms with Gasteiger partial charge in [0.15, 0.2) is 0 Å². The molecule has 0 aromatic carbocycles. The highest BCUT2D eigenvalue weighted by atomic mass is 16.5. The Morgan fingerprint density at radius 3 is 2.33 bits per heavy atom. The van der Waals surface area contributed by atoms with E-state index in [1.165, 1.54) is 0 Å². The molecule has 0 aliphatic heterocycles. The monoisotopic (exact) mass is 211 g/mol. The first-order valence-electron chi connectivity index (χ1n) is 4.80. The summed E-state index contributed by atoms with van der Waals surface area (Å²) in [7, 11) is 5.50. The molecule has 0 amide bonds. The molecule has 1 aromatic heterocycles. The lowest BCUT2D eigenvalue weighted by Crippen LogP contribution is -2.17. The Morgan fingerprint density at radius 2 is 1.87 bits per heavy atom. The Hall–Kier alpha value is -1.59. The fourth-order valence-corrected chi connectivity index (χ4v) is 0.921. The molecule has 6 nitrogen and oxygen atoms in total. The van der Waals surface area contributed by atoms with Crippen LogP contribution in [0, 0.1) is 0 Å². The first-order chi connectivity index (χ1) is 7.02. The normalized spacial score (nSPS) is 10.3. The summed E-state index contributed by atoms with van der Waals surface area (Å²) in [5.41, 5.74) is 0. The SMILES string of the molecule is CNc1nc(OC(C)C)nc(N(C)C)n1. The van der Waals surface area contributed by atoms with Crippen molar-refractivity contribution in [1.82, 2.24) is 15.0 Å². The van der Waals surface area contributed by atoms with Gasteiger partial charge in [0, 0.05) is 21.1 Å². The zero-order valence-corrected chi connectivity index (χ0v) is 9.77. The van der Waals surface area contributed by atoms with Crippen LogP contribution in [0.3, 0.4) is 0 Å². The molecule has 0 bridgehead atoms. The summed E-state index contributed by atoms with van der Waals surface area (Å²) in [5, 5.41) is 2.87. The summed E-state index contributed by atoms with van der Waals surface area (Å²) >= 11 is 0. The van der Waals surface area contributed by atoms with Crippen LogP contribution < -0.4 is 15.0 Å². The van der Waals surface area contributed by atoms with Gasteiger partial charge in [-0.2, -0.15) is 15.0 Å². The van der Waals surface area contributed by atoms with Crippen molar-refractivity contribution in [3.8, 4) is 6.01 Å². The first-order valence-corrected chi connectivity index (χ1v) is 4.80. The van der Waals surface area contributed by atoms with E-state index in [4.69, 9.17) is 4.74 Å². The van der Waals surface area contributed by atoms with E-state index in [1.807, 2.05) is 27.9 Å². The second kappa shape index (κ2) is 4.77. The topological polar surface area (TPSA) is 63.2 Å². The molecule has 1 heterocycles. The molecule has 0 saturated carbocycles. The summed E-state index contributed by atoms with van der Waals surface area (Å²) in [6, 6.07) is 0.341. The number of rotatable bonds is 4. The quantitative estimate of drug-likeness (QED) is 0.793. The van der Waals surface area contributed by atoms with Gasteiger partial charge in [-0.3, -0.25) is 0 Å². The maximum atomic E-state index is 5.42. The third-order valence-electron chi connectivity index (χ3n) is 1.57. The Labute approximate surface area is 89.7 Å². The van der Waals surface area contributed by atoms with Crippen LogP contribution in [0.2, 0.25) is 0 Å². The number of anilines is 2. The minimum Gasteiger partial charge on any atom is -0.461 e. The summed E-state index contributed by atoms with van der Waals surface area (Å²) in [6.07, 6.45) is 0.0483. The minimum absolute atomic E-state index is 0.0483. The average molecular weight is 211 g/mol. The highest BCUT2D eigenvalue weighted by molar-refractivity contribution is 5.36. The summed E-state index contributed by atoms with van der Waals surface area (Å²) in [6.45, 7) is 3.86. The summed E-state index contributed by atoms with van der Waals surface area (Å²) < 4.78 is 5.42. The molecule has 1 aromatic rings. The van der Waals surface area contributed by atoms with Crippen LogP contribution in [0.5, 0.6) is 6.01 Å². The number of hydrogen-bond donors (Lipinski definition) is 1. The van der Waals surface area contributed by atoms with Gasteiger partial charge < -0.3 is 15.0 Å². The molecule has 0 aliphatic carbocycles. The smallest absolute Gasteiger partial charge is 0.323 e. The highest BCUT2D eigenvalue weighted by Crippen LogP contribution is 2.13. The lowest BCUT2D eigenvalue weighted by Gasteiger charge is -2.13. The van der Waals surface area contributed by atoms with Crippen LogP contribution in [-0.4, -0.2) is 42.2 Å². The van der Waals surface area contributed by atoms with E-state index in [2.05, 4.69) is 20.3 Å². The van der Waals surface area contributed by atoms with Gasteiger partial charge in [-0.05, 0) is 13.8 Å². The number of nitrogens with one attached hydrogen (secondary N) is 1. The number of hydrogen-bond acceptors (Lipinski definition) is 6. The molecule has 0 fully saturated rings. The molecule has 0 atom stereocenters. The van der Waals surface area contributed by atoms with E-state index in [0.29, 0.717) is 17.9 Å². The van der Waals surface area contributed by atoms with Crippen LogP contribution in [-0.2, 0) is 0 Å². The molecule has 15 heavy (non-hydrogen) atoms. The average Bonchev–Trinajstić information content (AvgIpc) is 2.16. The molecule has 1 rings (SSSR count). The fourth-order valence-electron chi connectivity index (χ4n) is 0.921. The first kappa shape index (κ1) is 11.5. The molecule has 1 N–H and O–H groups in total. The lowest BCUT2D eigenvalue weighted by molar-refractivity contribution is 0.222. The Bertz CT molecular complexity index is 326. The lowest BCUT2D eigenvalue weighted by atomic mass is 10.5. The van der Waals surface area contributed by atoms with E-state index in [-0.39, 0.29) is 6.10 Å². The van der Waals surface area contributed by atoms with Gasteiger partial charge >= 0.3 is 6.01 Å². The van der Waals surface area contributed by atoms with Crippen LogP contribution in [0.15, 0.2) is 0 Å². The summed E-state index contributed by atoms with van der Waals surface area (Å²) in [5.74, 6) is 1.08. The van der Waals surface area contributed by atoms with Crippen LogP contribution in [0.4, 0.5) is 11.9 Å². The second-order valence-corrected chi connectivity index (χ2v) is 3.55. The third-order valence-corrected chi connectivity index (χ3v) is 1.57. The molecule has 6 heteroatoms. The van der Waals surface area contributed by atoms with E-state index in [1.54, 1.807) is 11.9 Å². The van der Waals surface area contributed by atoms with Gasteiger partial charge in [0.1, 0.15) is 0 Å². The van der Waals surface area contributed by atoms with Crippen molar-refractivity contribution >= 4 is 11.9 Å². The van der Waals surface area contributed by atoms with E-state index >= 15 is 0 Å². The molecular weight excluding hydrogens is 194 g/mol. The molecule has 84 valence electrons. The molecule has 0 unspecified atom stereocenters. The Morgan fingerprint density at radius 1 is 1.20 bits per heavy atom. The maximum Gasteiger partial charge on any atom is 0.323 e. The van der Waals surface area contributed by atoms with Crippen LogP contribution in [0.25, 0.3) is 0 Å². The molecule has 0 saturated heterocycles. The van der Waals surface area contributed by atoms with Gasteiger partial charge in [0.2, 0.25) is 11.9 Å². The van der Waals surface area contributed by atoms with E-state index in [9.17, 15) is 0 Å². The van der Waals surface area contributed by atoms with Gasteiger partial charge in [0.05, 0.1) is 6.10 Å². The van der Waals surface area contributed by atoms with Crippen molar-refractivity contribution in [2.24, 2.45) is 0 Å². The van der Waals surface area contributed by atoms with Crippen molar-refractivity contribution in [3.05, 3.63) is 0 Å². The number of ether oxygens (including phenoxy) is 1. The molecule has 0 spiro atoms. The van der Waals surface area contributed by atoms with Crippen LogP contribution in [0.1, 0.15) is 13.8 Å². The summed E-state index contributed by atoms with van der Waals surface area (Å²) in [4.78, 5) is 14.2. The zero-order chi connectivity index (χ0) is 11.4. The maximum absolute atomic E-state index is 5.42. The Kier molecular flexibility index (Phi) is 3.65. The van der Waals surface area contributed by atoms with Crippen molar-refractivity contribution in [2.45, 2.75) is 20.0 Å². The fraction of sp³-hybridized carbons (Fsp3) is 0.667. The second-order valence-electron chi connectivity index (χ2n) is 3.55. The number of aromatic nitrogens is 3. The van der Waals surface area contributed by atoms with E-state index in [0.717, 1.165) is 0 Å².